The number of nitrogens with zero attached hydrogens (tertiary/aromatic N) is 6. The lowest BCUT2D eigenvalue weighted by Gasteiger charge is -2.10. The molecule has 0 aromatic carbocycles. The minimum Gasteiger partial charge on any atom is -0.331 e. The normalized spacial score (nSPS) is 13.5. The van der Waals surface area contributed by atoms with Crippen LogP contribution in [-0.2, 0) is 6.42 Å². The van der Waals surface area contributed by atoms with Crippen LogP contribution in [0.2, 0.25) is 0 Å². The van der Waals surface area contributed by atoms with Gasteiger partial charge < -0.3 is 5.32 Å². The van der Waals surface area contributed by atoms with Crippen molar-refractivity contribution in [2.24, 2.45) is 4.40 Å². The Morgan fingerprint density at radius 2 is 2.06 bits per heavy atom. The standard InChI is InChI=1S/C22H22N8S.C2H6/c1-15-14-30-19(16-11-25-26-12-16)13-24-22(30)21(27-15)28-20-7-4-6-18(29-31-20)9-8-17-5-2-3-10-23-17;1-2/h2-3,5,7,10-14H,4,6,8-9H2,1H3,(H,25,26)(H,27,28);1-2H3. The van der Waals surface area contributed by atoms with E-state index < -0.39 is 0 Å². The van der Waals surface area contributed by atoms with Gasteiger partial charge >= 0.3 is 0 Å². The van der Waals surface area contributed by atoms with Crippen LogP contribution in [0.25, 0.3) is 16.9 Å². The molecule has 0 bridgehead atoms. The van der Waals surface area contributed by atoms with Crippen LogP contribution in [0.3, 0.4) is 0 Å². The molecule has 2 N–H and O–H groups in total. The van der Waals surface area contributed by atoms with Gasteiger partial charge in [-0.25, -0.2) is 14.4 Å². The quantitative estimate of drug-likeness (QED) is 0.363. The highest BCUT2D eigenvalue weighted by molar-refractivity contribution is 8.02. The number of aromatic nitrogens is 6. The number of aryl methyl sites for hydroxylation is 2. The molecule has 0 unspecified atom stereocenters. The van der Waals surface area contributed by atoms with Gasteiger partial charge in [-0.1, -0.05) is 26.0 Å². The molecule has 170 valence electrons. The third-order valence-corrected chi connectivity index (χ3v) is 5.89. The molecule has 33 heavy (non-hydrogen) atoms. The second-order valence-electron chi connectivity index (χ2n) is 7.36. The second kappa shape index (κ2) is 10.9. The largest absolute Gasteiger partial charge is 0.331 e. The summed E-state index contributed by atoms with van der Waals surface area (Å²) in [5.74, 6) is 0.723. The molecule has 0 fully saturated rings. The van der Waals surface area contributed by atoms with Gasteiger partial charge in [0.15, 0.2) is 11.5 Å². The van der Waals surface area contributed by atoms with E-state index in [1.807, 2.05) is 62.1 Å². The van der Waals surface area contributed by atoms with Crippen molar-refractivity contribution in [2.75, 3.05) is 5.32 Å². The van der Waals surface area contributed by atoms with Gasteiger partial charge in [-0.3, -0.25) is 14.5 Å². The molecule has 5 heterocycles. The summed E-state index contributed by atoms with van der Waals surface area (Å²) in [5, 5.41) is 11.3. The number of fused-ring (bicyclic) bond motifs is 1. The van der Waals surface area contributed by atoms with E-state index in [2.05, 4.69) is 42.6 Å². The molecule has 5 rings (SSSR count). The molecule has 0 saturated heterocycles. The summed E-state index contributed by atoms with van der Waals surface area (Å²) in [6.45, 7) is 5.98. The number of anilines is 1. The van der Waals surface area contributed by atoms with E-state index in [0.717, 1.165) is 64.8 Å². The summed E-state index contributed by atoms with van der Waals surface area (Å²) >= 11 is 1.47. The maximum Gasteiger partial charge on any atom is 0.180 e. The number of rotatable bonds is 6. The highest BCUT2D eigenvalue weighted by Gasteiger charge is 2.15. The molecule has 0 radical (unpaired) electrons. The molecule has 0 saturated carbocycles. The molecule has 0 atom stereocenters. The van der Waals surface area contributed by atoms with Gasteiger partial charge in [0.1, 0.15) is 0 Å². The molecule has 0 aliphatic carbocycles. The smallest absolute Gasteiger partial charge is 0.180 e. The number of allylic oxidation sites excluding steroid dienone is 1. The number of aromatic amines is 1. The number of hydrogen-bond acceptors (Lipinski definition) is 7. The highest BCUT2D eigenvalue weighted by atomic mass is 32.2. The van der Waals surface area contributed by atoms with Crippen LogP contribution >= 0.6 is 11.9 Å². The zero-order chi connectivity index (χ0) is 23.0. The van der Waals surface area contributed by atoms with Gasteiger partial charge in [-0.15, -0.1) is 0 Å². The van der Waals surface area contributed by atoms with Crippen LogP contribution in [0.5, 0.6) is 0 Å². The van der Waals surface area contributed by atoms with Crippen LogP contribution < -0.4 is 5.32 Å². The summed E-state index contributed by atoms with van der Waals surface area (Å²) in [4.78, 5) is 13.7. The second-order valence-corrected chi connectivity index (χ2v) is 8.16. The minimum atomic E-state index is 0.723. The van der Waals surface area contributed by atoms with Crippen molar-refractivity contribution in [2.45, 2.75) is 46.5 Å². The Bertz CT molecular complexity index is 1240. The minimum absolute atomic E-state index is 0.723. The molecule has 4 aromatic heterocycles. The van der Waals surface area contributed by atoms with E-state index in [1.165, 1.54) is 17.7 Å². The van der Waals surface area contributed by atoms with Gasteiger partial charge in [-0.2, -0.15) is 5.10 Å². The lowest BCUT2D eigenvalue weighted by Crippen LogP contribution is -2.03. The first-order valence-electron chi connectivity index (χ1n) is 11.2. The third kappa shape index (κ3) is 5.48. The van der Waals surface area contributed by atoms with Crippen LogP contribution in [0.4, 0.5) is 5.82 Å². The van der Waals surface area contributed by atoms with E-state index in [1.54, 1.807) is 6.20 Å². The van der Waals surface area contributed by atoms with Crippen LogP contribution in [0, 0.1) is 6.92 Å². The first-order chi connectivity index (χ1) is 16.3. The zero-order valence-corrected chi connectivity index (χ0v) is 19.9. The first kappa shape index (κ1) is 22.7. The Morgan fingerprint density at radius 1 is 1.15 bits per heavy atom. The number of hydrogen-bond donors (Lipinski definition) is 2. The molecular weight excluding hydrogens is 432 g/mol. The lowest BCUT2D eigenvalue weighted by molar-refractivity contribution is 0.939. The van der Waals surface area contributed by atoms with Crippen LogP contribution in [0.15, 0.2) is 64.7 Å². The fourth-order valence-corrected chi connectivity index (χ4v) is 4.29. The average Bonchev–Trinajstić information content (AvgIpc) is 3.47. The summed E-state index contributed by atoms with van der Waals surface area (Å²) in [6.07, 6.45) is 15.2. The van der Waals surface area contributed by atoms with E-state index in [-0.39, 0.29) is 0 Å². The maximum atomic E-state index is 4.77. The van der Waals surface area contributed by atoms with E-state index in [0.29, 0.717) is 0 Å². The van der Waals surface area contributed by atoms with Gasteiger partial charge in [0, 0.05) is 47.5 Å². The number of imidazole rings is 1. The number of nitrogens with one attached hydrogen (secondary N) is 2. The van der Waals surface area contributed by atoms with Crippen molar-refractivity contribution in [1.82, 2.24) is 29.5 Å². The van der Waals surface area contributed by atoms with E-state index >= 15 is 0 Å². The van der Waals surface area contributed by atoms with Gasteiger partial charge in [-0.05, 0) is 44.7 Å². The Morgan fingerprint density at radius 3 is 2.85 bits per heavy atom. The molecule has 1 aliphatic rings. The summed E-state index contributed by atoms with van der Waals surface area (Å²) in [7, 11) is 0. The van der Waals surface area contributed by atoms with Crippen LogP contribution in [-0.4, -0.2) is 35.3 Å². The Balaban J connectivity index is 0.00000126. The lowest BCUT2D eigenvalue weighted by atomic mass is 10.1. The van der Waals surface area contributed by atoms with Crippen molar-refractivity contribution < 1.29 is 0 Å². The summed E-state index contributed by atoms with van der Waals surface area (Å²) in [5.41, 5.74) is 5.92. The van der Waals surface area contributed by atoms with Crippen LogP contribution in [0.1, 0.15) is 44.5 Å². The number of pyridine rings is 1. The van der Waals surface area contributed by atoms with E-state index in [9.17, 15) is 0 Å². The number of H-pyrrole nitrogens is 1. The van der Waals surface area contributed by atoms with Crippen molar-refractivity contribution >= 4 is 29.1 Å². The van der Waals surface area contributed by atoms with Gasteiger partial charge in [0.25, 0.3) is 0 Å². The topological polar surface area (TPSA) is 96.2 Å². The molecule has 8 nitrogen and oxygen atoms in total. The molecule has 0 amide bonds. The fourth-order valence-electron chi connectivity index (χ4n) is 3.54. The Labute approximate surface area is 197 Å². The van der Waals surface area contributed by atoms with Crippen molar-refractivity contribution in [3.05, 3.63) is 71.7 Å². The zero-order valence-electron chi connectivity index (χ0n) is 19.1. The van der Waals surface area contributed by atoms with Crippen molar-refractivity contribution in [3.8, 4) is 11.3 Å². The third-order valence-electron chi connectivity index (χ3n) is 5.08. The average molecular weight is 461 g/mol. The van der Waals surface area contributed by atoms with Crippen molar-refractivity contribution in [3.63, 3.8) is 0 Å². The monoisotopic (exact) mass is 460 g/mol. The Hall–Kier alpha value is -3.46. The summed E-state index contributed by atoms with van der Waals surface area (Å²) < 4.78 is 6.81. The van der Waals surface area contributed by atoms with E-state index in [4.69, 9.17) is 4.40 Å². The molecule has 9 heteroatoms. The predicted octanol–water partition coefficient (Wildman–Crippen LogP) is 5.62. The molecule has 4 aromatic rings. The maximum absolute atomic E-state index is 4.77. The first-order valence-corrected chi connectivity index (χ1v) is 12.0. The summed E-state index contributed by atoms with van der Waals surface area (Å²) in [6, 6.07) is 6.03. The van der Waals surface area contributed by atoms with Gasteiger partial charge in [0.05, 0.1) is 28.8 Å². The molecule has 0 spiro atoms. The fraction of sp³-hybridized carbons (Fsp3) is 0.292. The Kier molecular flexibility index (Phi) is 7.51. The molecular formula is C24H28N8S. The molecule has 1 aliphatic heterocycles. The SMILES string of the molecule is CC.Cc1cn2c(-c3cn[nH]c3)cnc2c(NC2=CCCC(CCc3ccccn3)=NS2)n1. The highest BCUT2D eigenvalue weighted by Crippen LogP contribution is 2.28. The predicted molar refractivity (Wildman–Crippen MR) is 135 cm³/mol. The van der Waals surface area contributed by atoms with Gasteiger partial charge in [0.2, 0.25) is 0 Å². The van der Waals surface area contributed by atoms with Crippen molar-refractivity contribution in [1.29, 1.82) is 0 Å².